The molecule has 110 valence electrons. The number of pyridine rings is 1. The molecule has 1 amide bonds. The third kappa shape index (κ3) is 3.93. The summed E-state index contributed by atoms with van der Waals surface area (Å²) in [4.78, 5) is 16.3. The van der Waals surface area contributed by atoms with E-state index in [4.69, 9.17) is 0 Å². The van der Waals surface area contributed by atoms with Crippen LogP contribution in [0, 0.1) is 0 Å². The van der Waals surface area contributed by atoms with Gasteiger partial charge in [0.15, 0.2) is 0 Å². The first-order chi connectivity index (χ1) is 9.70. The minimum atomic E-state index is -0.435. The molecular formula is C15H23N3O2. The van der Waals surface area contributed by atoms with Gasteiger partial charge in [-0.1, -0.05) is 19.3 Å². The molecule has 1 aromatic heterocycles. The van der Waals surface area contributed by atoms with Crippen molar-refractivity contribution in [1.82, 2.24) is 10.3 Å². The lowest BCUT2D eigenvalue weighted by Gasteiger charge is -2.21. The molecule has 2 rings (SSSR count). The Kier molecular flexibility index (Phi) is 5.35. The molecule has 5 nitrogen and oxygen atoms in total. The number of aliphatic hydroxyl groups excluding tert-OH is 1. The van der Waals surface area contributed by atoms with Crippen molar-refractivity contribution in [3.63, 3.8) is 0 Å². The number of nitrogens with one attached hydrogen (secondary N) is 2. The number of anilines is 1. The van der Waals surface area contributed by atoms with Crippen LogP contribution in [0.4, 0.5) is 5.82 Å². The number of hydrogen-bond acceptors (Lipinski definition) is 4. The Morgan fingerprint density at radius 3 is 2.85 bits per heavy atom. The van der Waals surface area contributed by atoms with Crippen LogP contribution in [-0.2, 0) is 0 Å². The van der Waals surface area contributed by atoms with Crippen LogP contribution in [0.5, 0.6) is 0 Å². The summed E-state index contributed by atoms with van der Waals surface area (Å²) >= 11 is 0. The zero-order valence-corrected chi connectivity index (χ0v) is 11.9. The van der Waals surface area contributed by atoms with Crippen LogP contribution in [0.25, 0.3) is 0 Å². The summed E-state index contributed by atoms with van der Waals surface area (Å²) in [5.74, 6) is 0.602. The van der Waals surface area contributed by atoms with Crippen molar-refractivity contribution in [2.75, 3.05) is 11.9 Å². The fraction of sp³-hybridized carbons (Fsp3) is 0.600. The van der Waals surface area contributed by atoms with Gasteiger partial charge in [-0.15, -0.1) is 0 Å². The highest BCUT2D eigenvalue weighted by Gasteiger charge is 2.23. The van der Waals surface area contributed by atoms with Gasteiger partial charge in [0.2, 0.25) is 0 Å². The molecule has 3 N–H and O–H groups in total. The maximum Gasteiger partial charge on any atom is 0.253 e. The summed E-state index contributed by atoms with van der Waals surface area (Å²) in [7, 11) is 0. The monoisotopic (exact) mass is 277 g/mol. The molecule has 0 radical (unpaired) electrons. The van der Waals surface area contributed by atoms with Crippen LogP contribution in [0.1, 0.15) is 49.4 Å². The van der Waals surface area contributed by atoms with E-state index in [9.17, 15) is 9.90 Å². The summed E-state index contributed by atoms with van der Waals surface area (Å²) in [5, 5.41) is 16.0. The molecule has 0 aliphatic heterocycles. The Balaban J connectivity index is 1.96. The largest absolute Gasteiger partial charge is 0.391 e. The van der Waals surface area contributed by atoms with Gasteiger partial charge in [0.05, 0.1) is 17.7 Å². The molecular weight excluding hydrogens is 254 g/mol. The number of hydrogen-bond donors (Lipinski definition) is 3. The van der Waals surface area contributed by atoms with Crippen molar-refractivity contribution in [2.24, 2.45) is 0 Å². The van der Waals surface area contributed by atoms with E-state index in [1.807, 2.05) is 6.92 Å². The van der Waals surface area contributed by atoms with E-state index in [0.29, 0.717) is 5.56 Å². The van der Waals surface area contributed by atoms with Crippen LogP contribution in [0.2, 0.25) is 0 Å². The van der Waals surface area contributed by atoms with Gasteiger partial charge in [-0.2, -0.15) is 0 Å². The lowest BCUT2D eigenvalue weighted by atomic mass is 10.1. The molecule has 2 unspecified atom stereocenters. The Morgan fingerprint density at radius 1 is 1.35 bits per heavy atom. The van der Waals surface area contributed by atoms with Crippen LogP contribution >= 0.6 is 0 Å². The second kappa shape index (κ2) is 7.24. The van der Waals surface area contributed by atoms with E-state index in [1.165, 1.54) is 0 Å². The van der Waals surface area contributed by atoms with Gasteiger partial charge in [-0.05, 0) is 31.9 Å². The summed E-state index contributed by atoms with van der Waals surface area (Å²) in [6.45, 7) is 2.79. The highest BCUT2D eigenvalue weighted by atomic mass is 16.3. The molecule has 1 aliphatic rings. The molecule has 1 heterocycles. The van der Waals surface area contributed by atoms with Crippen LogP contribution in [-0.4, -0.2) is 34.7 Å². The minimum Gasteiger partial charge on any atom is -0.391 e. The van der Waals surface area contributed by atoms with E-state index >= 15 is 0 Å². The topological polar surface area (TPSA) is 74.2 Å². The van der Waals surface area contributed by atoms with Crippen LogP contribution in [0.3, 0.4) is 0 Å². The highest BCUT2D eigenvalue weighted by Crippen LogP contribution is 2.18. The van der Waals surface area contributed by atoms with Crippen molar-refractivity contribution in [3.05, 3.63) is 23.9 Å². The number of aliphatic hydroxyl groups is 1. The molecule has 20 heavy (non-hydrogen) atoms. The first-order valence-corrected chi connectivity index (χ1v) is 7.39. The number of carbonyl (C=O) groups excluding carboxylic acids is 1. The summed E-state index contributed by atoms with van der Waals surface area (Å²) < 4.78 is 0. The zero-order chi connectivity index (χ0) is 14.4. The van der Waals surface area contributed by atoms with Crippen molar-refractivity contribution >= 4 is 11.7 Å². The fourth-order valence-electron chi connectivity index (χ4n) is 2.52. The van der Waals surface area contributed by atoms with Crippen molar-refractivity contribution < 1.29 is 9.90 Å². The average molecular weight is 277 g/mol. The fourth-order valence-corrected chi connectivity index (χ4v) is 2.52. The van der Waals surface area contributed by atoms with E-state index in [-0.39, 0.29) is 11.9 Å². The molecule has 5 heteroatoms. The molecule has 0 bridgehead atoms. The first kappa shape index (κ1) is 14.8. The Morgan fingerprint density at radius 2 is 2.15 bits per heavy atom. The zero-order valence-electron chi connectivity index (χ0n) is 11.9. The van der Waals surface area contributed by atoms with E-state index in [2.05, 4.69) is 15.6 Å². The molecule has 0 saturated heterocycles. The smallest absolute Gasteiger partial charge is 0.253 e. The predicted molar refractivity (Wildman–Crippen MR) is 78.7 cm³/mol. The number of carbonyl (C=O) groups is 1. The Bertz CT molecular complexity index is 433. The third-order valence-electron chi connectivity index (χ3n) is 3.68. The summed E-state index contributed by atoms with van der Waals surface area (Å²) in [6.07, 6.45) is 5.96. The van der Waals surface area contributed by atoms with Crippen molar-refractivity contribution in [1.29, 1.82) is 0 Å². The quantitative estimate of drug-likeness (QED) is 0.735. The van der Waals surface area contributed by atoms with Gasteiger partial charge in [-0.25, -0.2) is 4.98 Å². The highest BCUT2D eigenvalue weighted by molar-refractivity contribution is 5.94. The van der Waals surface area contributed by atoms with Crippen LogP contribution < -0.4 is 10.6 Å². The molecule has 1 saturated carbocycles. The summed E-state index contributed by atoms with van der Waals surface area (Å²) in [6, 6.07) is 3.41. The van der Waals surface area contributed by atoms with Crippen molar-refractivity contribution in [3.8, 4) is 0 Å². The maximum absolute atomic E-state index is 12.2. The van der Waals surface area contributed by atoms with Crippen LogP contribution in [0.15, 0.2) is 18.3 Å². The second-order valence-electron chi connectivity index (χ2n) is 5.25. The first-order valence-electron chi connectivity index (χ1n) is 7.39. The lowest BCUT2D eigenvalue weighted by Crippen LogP contribution is -2.42. The maximum atomic E-state index is 12.2. The Labute approximate surface area is 119 Å². The minimum absolute atomic E-state index is 0.140. The Hall–Kier alpha value is -1.62. The van der Waals surface area contributed by atoms with E-state index in [0.717, 1.165) is 44.5 Å². The number of aromatic nitrogens is 1. The number of rotatable bonds is 4. The molecule has 1 fully saturated rings. The number of nitrogens with zero attached hydrogens (tertiary/aromatic N) is 1. The number of amides is 1. The van der Waals surface area contributed by atoms with Gasteiger partial charge in [0.25, 0.3) is 5.91 Å². The van der Waals surface area contributed by atoms with Crippen molar-refractivity contribution in [2.45, 2.75) is 51.2 Å². The third-order valence-corrected chi connectivity index (χ3v) is 3.68. The normalized spacial score (nSPS) is 22.9. The van der Waals surface area contributed by atoms with Gasteiger partial charge < -0.3 is 15.7 Å². The lowest BCUT2D eigenvalue weighted by molar-refractivity contribution is 0.0818. The van der Waals surface area contributed by atoms with Gasteiger partial charge in [-0.3, -0.25) is 4.79 Å². The van der Waals surface area contributed by atoms with Gasteiger partial charge in [0.1, 0.15) is 5.82 Å². The second-order valence-corrected chi connectivity index (χ2v) is 5.25. The summed E-state index contributed by atoms with van der Waals surface area (Å²) in [5.41, 5.74) is 0.531. The molecule has 2 atom stereocenters. The van der Waals surface area contributed by atoms with E-state index < -0.39 is 6.10 Å². The molecule has 1 aliphatic carbocycles. The molecule has 0 aromatic carbocycles. The molecule has 1 aromatic rings. The predicted octanol–water partition coefficient (Wildman–Crippen LogP) is 1.94. The van der Waals surface area contributed by atoms with Gasteiger partial charge >= 0.3 is 0 Å². The van der Waals surface area contributed by atoms with Gasteiger partial charge in [0, 0.05) is 12.7 Å². The molecule has 0 spiro atoms. The SMILES string of the molecule is CCNc1ccc(C(=O)NC2CCCCCC2O)cn1. The standard InChI is InChI=1S/C15H23N3O2/c1-2-16-14-9-8-11(10-17-14)15(20)18-12-6-4-3-5-7-13(12)19/h8-10,12-13,19H,2-7H2,1H3,(H,16,17)(H,18,20). The van der Waals surface area contributed by atoms with E-state index in [1.54, 1.807) is 18.3 Å². The average Bonchev–Trinajstić information content (AvgIpc) is 2.65.